The topological polar surface area (TPSA) is 6.48 Å². The normalized spacial score (nSPS) is 14.1. The maximum Gasteiger partial charge on any atom is 0.0727 e. The molecule has 0 aromatic heterocycles. The Morgan fingerprint density at radius 2 is 0.710 bits per heavy atom. The molecular formula is C67H44N2. The Hall–Kier alpha value is -8.98. The van der Waals surface area contributed by atoms with Crippen LogP contribution in [0.1, 0.15) is 22.3 Å². The van der Waals surface area contributed by atoms with Crippen molar-refractivity contribution in [2.24, 2.45) is 0 Å². The quantitative estimate of drug-likeness (QED) is 0.157. The summed E-state index contributed by atoms with van der Waals surface area (Å²) in [6.45, 7) is 0. The molecule has 1 spiro atoms. The number of hydrogen-bond donors (Lipinski definition) is 0. The zero-order valence-electron chi connectivity index (χ0n) is 37.8. The van der Waals surface area contributed by atoms with Crippen LogP contribution in [0.2, 0.25) is 0 Å². The summed E-state index contributed by atoms with van der Waals surface area (Å²) >= 11 is 0. The fraction of sp³-hybridized carbons (Fsp3) is 0.0149. The summed E-state index contributed by atoms with van der Waals surface area (Å²) in [6.07, 6.45) is 0. The van der Waals surface area contributed by atoms with Crippen LogP contribution in [0.15, 0.2) is 267 Å². The molecule has 2 aliphatic rings. The number of nitrogens with zero attached hydrogens (tertiary/aromatic N) is 2. The van der Waals surface area contributed by atoms with Gasteiger partial charge in [0.2, 0.25) is 0 Å². The Balaban J connectivity index is 1.04. The first-order valence-electron chi connectivity index (χ1n) is 23.9. The van der Waals surface area contributed by atoms with Crippen LogP contribution in [0.4, 0.5) is 34.1 Å². The summed E-state index contributed by atoms with van der Waals surface area (Å²) in [6, 6.07) is 98.9. The highest BCUT2D eigenvalue weighted by Gasteiger charge is 2.52. The second-order valence-electron chi connectivity index (χ2n) is 18.4. The molecule has 1 atom stereocenters. The maximum atomic E-state index is 2.51. The van der Waals surface area contributed by atoms with E-state index in [-0.39, 0.29) is 0 Å². The smallest absolute Gasteiger partial charge is 0.0727 e. The Labute approximate surface area is 402 Å². The van der Waals surface area contributed by atoms with Gasteiger partial charge in [-0.2, -0.15) is 0 Å². The van der Waals surface area contributed by atoms with E-state index in [0.29, 0.717) is 0 Å². The van der Waals surface area contributed by atoms with E-state index in [2.05, 4.69) is 277 Å². The Morgan fingerprint density at radius 3 is 1.35 bits per heavy atom. The molecule has 0 aliphatic heterocycles. The van der Waals surface area contributed by atoms with Gasteiger partial charge in [0, 0.05) is 33.7 Å². The fourth-order valence-electron chi connectivity index (χ4n) is 11.9. The molecule has 0 fully saturated rings. The molecule has 2 nitrogen and oxygen atoms in total. The number of benzene rings is 12. The zero-order valence-corrected chi connectivity index (χ0v) is 37.8. The molecule has 2 aliphatic carbocycles. The van der Waals surface area contributed by atoms with Gasteiger partial charge in [-0.25, -0.2) is 0 Å². The molecule has 0 saturated carbocycles. The van der Waals surface area contributed by atoms with E-state index in [1.165, 1.54) is 88.0 Å². The molecule has 0 radical (unpaired) electrons. The minimum Gasteiger partial charge on any atom is -0.310 e. The van der Waals surface area contributed by atoms with Crippen LogP contribution >= 0.6 is 0 Å². The highest BCUT2D eigenvalue weighted by atomic mass is 15.2. The Kier molecular flexibility index (Phi) is 8.84. The van der Waals surface area contributed by atoms with Crippen LogP contribution in [-0.4, -0.2) is 0 Å². The first kappa shape index (κ1) is 39.2. The Morgan fingerprint density at radius 1 is 0.246 bits per heavy atom. The Bertz CT molecular complexity index is 3970. The first-order valence-corrected chi connectivity index (χ1v) is 23.9. The standard InChI is InChI=1S/C67H44N2/c1-3-23-50(24-4-1)68(64-33-17-22-46-19-9-11-27-54(46)64)52-37-39-58-56-29-13-15-31-60(56)67(62(58)43-52)61-32-16-14-30-57(61)59-40-38-53(44-63(59)67)69(51-25-5-2-6-26-51)65-41-36-47-20-10-12-28-55(47)66(65)49-35-34-45-18-7-8-21-48(45)42-49/h1-44H. The summed E-state index contributed by atoms with van der Waals surface area (Å²) in [5.74, 6) is 0. The van der Waals surface area contributed by atoms with Gasteiger partial charge in [-0.05, 0) is 144 Å². The summed E-state index contributed by atoms with van der Waals surface area (Å²) in [4.78, 5) is 4.94. The van der Waals surface area contributed by atoms with E-state index in [1.807, 2.05) is 0 Å². The highest BCUT2D eigenvalue weighted by Crippen LogP contribution is 2.64. The van der Waals surface area contributed by atoms with Crippen LogP contribution < -0.4 is 9.80 Å². The van der Waals surface area contributed by atoms with E-state index in [0.717, 1.165) is 34.1 Å². The summed E-state index contributed by atoms with van der Waals surface area (Å²) in [7, 11) is 0. The third kappa shape index (κ3) is 5.92. The van der Waals surface area contributed by atoms with Crippen LogP contribution in [0.25, 0.3) is 65.7 Å². The lowest BCUT2D eigenvalue weighted by molar-refractivity contribution is 0.793. The highest BCUT2D eigenvalue weighted by molar-refractivity contribution is 6.07. The maximum absolute atomic E-state index is 2.51. The van der Waals surface area contributed by atoms with Gasteiger partial charge in [0.15, 0.2) is 0 Å². The predicted molar refractivity (Wildman–Crippen MR) is 290 cm³/mol. The van der Waals surface area contributed by atoms with Crippen molar-refractivity contribution >= 4 is 66.4 Å². The van der Waals surface area contributed by atoms with Crippen molar-refractivity contribution in [2.45, 2.75) is 5.41 Å². The van der Waals surface area contributed by atoms with E-state index < -0.39 is 5.41 Å². The summed E-state index contributed by atoms with van der Waals surface area (Å²) < 4.78 is 0. The number of para-hydroxylation sites is 2. The van der Waals surface area contributed by atoms with Gasteiger partial charge in [-0.3, -0.25) is 0 Å². The molecule has 69 heavy (non-hydrogen) atoms. The van der Waals surface area contributed by atoms with Gasteiger partial charge in [-0.15, -0.1) is 0 Å². The summed E-state index contributed by atoms with van der Waals surface area (Å²) in [5.41, 5.74) is 18.8. The molecule has 2 heteroatoms. The number of fused-ring (bicyclic) bond motifs is 13. The number of hydrogen-bond acceptors (Lipinski definition) is 2. The average molecular weight is 877 g/mol. The molecule has 14 rings (SSSR count). The van der Waals surface area contributed by atoms with Gasteiger partial charge in [0.25, 0.3) is 0 Å². The average Bonchev–Trinajstić information content (AvgIpc) is 3.88. The van der Waals surface area contributed by atoms with Crippen LogP contribution in [0.3, 0.4) is 0 Å². The van der Waals surface area contributed by atoms with E-state index in [9.17, 15) is 0 Å². The third-order valence-electron chi connectivity index (χ3n) is 14.8. The molecule has 322 valence electrons. The van der Waals surface area contributed by atoms with Gasteiger partial charge in [-0.1, -0.05) is 200 Å². The number of rotatable bonds is 7. The van der Waals surface area contributed by atoms with Gasteiger partial charge in [0.05, 0.1) is 16.8 Å². The minimum absolute atomic E-state index is 0.599. The third-order valence-corrected chi connectivity index (χ3v) is 14.8. The lowest BCUT2D eigenvalue weighted by Gasteiger charge is -2.34. The van der Waals surface area contributed by atoms with Crippen LogP contribution in [0.5, 0.6) is 0 Å². The van der Waals surface area contributed by atoms with Crippen molar-refractivity contribution in [2.75, 3.05) is 9.80 Å². The molecule has 0 N–H and O–H groups in total. The predicted octanol–water partition coefficient (Wildman–Crippen LogP) is 18.1. The zero-order chi connectivity index (χ0) is 45.5. The molecule has 12 aromatic rings. The van der Waals surface area contributed by atoms with Gasteiger partial charge in [0.1, 0.15) is 0 Å². The first-order chi connectivity index (χ1) is 34.2. The lowest BCUT2D eigenvalue weighted by atomic mass is 9.70. The molecule has 1 unspecified atom stereocenters. The second-order valence-corrected chi connectivity index (χ2v) is 18.4. The van der Waals surface area contributed by atoms with E-state index in [1.54, 1.807) is 0 Å². The molecule has 0 bridgehead atoms. The lowest BCUT2D eigenvalue weighted by Crippen LogP contribution is -2.26. The van der Waals surface area contributed by atoms with Gasteiger partial charge < -0.3 is 9.80 Å². The monoisotopic (exact) mass is 876 g/mol. The molecule has 0 amide bonds. The molecule has 12 aromatic carbocycles. The fourth-order valence-corrected chi connectivity index (χ4v) is 11.9. The van der Waals surface area contributed by atoms with E-state index in [4.69, 9.17) is 0 Å². The second kappa shape index (κ2) is 15.6. The largest absolute Gasteiger partial charge is 0.310 e. The molecule has 0 saturated heterocycles. The van der Waals surface area contributed by atoms with Crippen molar-refractivity contribution in [1.82, 2.24) is 0 Å². The molecular weight excluding hydrogens is 833 g/mol. The summed E-state index contributed by atoms with van der Waals surface area (Å²) in [5, 5.41) is 7.31. The van der Waals surface area contributed by atoms with Crippen molar-refractivity contribution < 1.29 is 0 Å². The van der Waals surface area contributed by atoms with Crippen molar-refractivity contribution in [3.8, 4) is 33.4 Å². The van der Waals surface area contributed by atoms with Crippen molar-refractivity contribution in [3.63, 3.8) is 0 Å². The van der Waals surface area contributed by atoms with Crippen molar-refractivity contribution in [1.29, 1.82) is 0 Å². The van der Waals surface area contributed by atoms with Crippen LogP contribution in [0, 0.1) is 0 Å². The minimum atomic E-state index is -0.599. The van der Waals surface area contributed by atoms with E-state index >= 15 is 0 Å². The van der Waals surface area contributed by atoms with Crippen LogP contribution in [-0.2, 0) is 5.41 Å². The molecule has 0 heterocycles. The SMILES string of the molecule is c1ccc(N(c2ccc3c(c2)C2(c4ccccc4-3)c3ccccc3-c3ccc(N(c4ccccc4)c4cccc5ccccc45)cc32)c2ccc3ccccc3c2-c2ccc3ccccc3c2)cc1. The number of anilines is 6. The van der Waals surface area contributed by atoms with Crippen molar-refractivity contribution in [3.05, 3.63) is 289 Å². The van der Waals surface area contributed by atoms with Gasteiger partial charge >= 0.3 is 0 Å².